The SMILES string of the molecule is CC(=O)NC[C@H]1CN(S(=O)(=O)c2ccc(F)c(C(F)(F)F)c2)c2cc(NC(=O)OC(C)(C)C(F)(F)F)ccc2O1. The third-order valence-electron chi connectivity index (χ3n) is 5.58. The van der Waals surface area contributed by atoms with E-state index in [1.165, 1.54) is 6.92 Å². The summed E-state index contributed by atoms with van der Waals surface area (Å²) in [6, 6.07) is 4.34. The van der Waals surface area contributed by atoms with Gasteiger partial charge in [0.1, 0.15) is 17.7 Å². The Balaban J connectivity index is 2.03. The Labute approximate surface area is 223 Å². The fourth-order valence-electron chi connectivity index (χ4n) is 3.42. The van der Waals surface area contributed by atoms with Gasteiger partial charge in [-0.2, -0.15) is 26.3 Å². The van der Waals surface area contributed by atoms with E-state index in [4.69, 9.17) is 4.74 Å². The maximum atomic E-state index is 13.8. The van der Waals surface area contributed by atoms with Crippen molar-refractivity contribution >= 4 is 33.4 Å². The minimum Gasteiger partial charge on any atom is -0.484 e. The van der Waals surface area contributed by atoms with Crippen molar-refractivity contribution in [2.24, 2.45) is 0 Å². The number of amides is 2. The highest BCUT2D eigenvalue weighted by atomic mass is 32.2. The highest BCUT2D eigenvalue weighted by molar-refractivity contribution is 7.92. The molecule has 2 N–H and O–H groups in total. The van der Waals surface area contributed by atoms with E-state index >= 15 is 0 Å². The molecule has 0 fully saturated rings. The number of alkyl halides is 6. The fraction of sp³-hybridized carbons (Fsp3) is 0.391. The van der Waals surface area contributed by atoms with Crippen molar-refractivity contribution < 1.29 is 58.2 Å². The first-order chi connectivity index (χ1) is 18.2. The van der Waals surface area contributed by atoms with E-state index in [1.54, 1.807) is 0 Å². The van der Waals surface area contributed by atoms with Crippen LogP contribution >= 0.6 is 0 Å². The number of sulfonamides is 1. The van der Waals surface area contributed by atoms with Crippen LogP contribution in [0.3, 0.4) is 0 Å². The number of benzene rings is 2. The Bertz CT molecular complexity index is 1410. The van der Waals surface area contributed by atoms with E-state index in [9.17, 15) is 48.7 Å². The summed E-state index contributed by atoms with van der Waals surface area (Å²) in [5.74, 6) is -2.35. The molecular weight excluding hydrogens is 579 g/mol. The van der Waals surface area contributed by atoms with Gasteiger partial charge < -0.3 is 14.8 Å². The third kappa shape index (κ3) is 6.68. The van der Waals surface area contributed by atoms with Gasteiger partial charge in [0, 0.05) is 12.6 Å². The largest absolute Gasteiger partial charge is 0.484 e. The molecular formula is C23H22F7N3O6S. The summed E-state index contributed by atoms with van der Waals surface area (Å²) in [5.41, 5.74) is -5.27. The highest BCUT2D eigenvalue weighted by Gasteiger charge is 2.51. The molecule has 0 unspecified atom stereocenters. The molecule has 17 heteroatoms. The lowest BCUT2D eigenvalue weighted by atomic mass is 10.1. The van der Waals surface area contributed by atoms with Crippen molar-refractivity contribution in [1.82, 2.24) is 5.32 Å². The molecule has 0 aromatic heterocycles. The molecule has 1 heterocycles. The number of nitrogens with one attached hydrogen (secondary N) is 2. The number of carbonyl (C=O) groups excluding carboxylic acids is 2. The second-order valence-electron chi connectivity index (χ2n) is 9.06. The lowest BCUT2D eigenvalue weighted by Crippen LogP contribution is -2.48. The lowest BCUT2D eigenvalue weighted by molar-refractivity contribution is -0.242. The zero-order valence-corrected chi connectivity index (χ0v) is 21.7. The van der Waals surface area contributed by atoms with Gasteiger partial charge >= 0.3 is 18.4 Å². The zero-order valence-electron chi connectivity index (χ0n) is 20.9. The minimum atomic E-state index is -5.21. The second-order valence-corrected chi connectivity index (χ2v) is 10.9. The Hall–Kier alpha value is -3.76. The molecule has 220 valence electrons. The first-order valence-electron chi connectivity index (χ1n) is 11.2. The van der Waals surface area contributed by atoms with Gasteiger partial charge in [-0.3, -0.25) is 14.4 Å². The summed E-state index contributed by atoms with van der Waals surface area (Å²) < 4.78 is 131. The number of anilines is 2. The van der Waals surface area contributed by atoms with Gasteiger partial charge in [-0.15, -0.1) is 0 Å². The molecule has 1 aliphatic heterocycles. The van der Waals surface area contributed by atoms with Crippen LogP contribution in [0.15, 0.2) is 41.3 Å². The zero-order chi connectivity index (χ0) is 30.3. The van der Waals surface area contributed by atoms with Crippen LogP contribution in [0, 0.1) is 5.82 Å². The smallest absolute Gasteiger partial charge is 0.427 e. The van der Waals surface area contributed by atoms with Crippen molar-refractivity contribution in [3.05, 3.63) is 47.8 Å². The number of fused-ring (bicyclic) bond motifs is 1. The number of rotatable bonds is 6. The molecule has 9 nitrogen and oxygen atoms in total. The summed E-state index contributed by atoms with van der Waals surface area (Å²) in [6.07, 6.45) is -12.7. The fourth-order valence-corrected chi connectivity index (χ4v) is 4.95. The molecule has 2 aromatic rings. The average Bonchev–Trinajstić information content (AvgIpc) is 2.80. The molecule has 0 saturated carbocycles. The number of hydrogen-bond acceptors (Lipinski definition) is 6. The van der Waals surface area contributed by atoms with Crippen molar-refractivity contribution in [3.8, 4) is 5.75 Å². The summed E-state index contributed by atoms with van der Waals surface area (Å²) in [6.45, 7) is 1.63. The minimum absolute atomic E-state index is 0.112. The number of halogens is 7. The van der Waals surface area contributed by atoms with E-state index in [0.717, 1.165) is 18.2 Å². The van der Waals surface area contributed by atoms with Crippen molar-refractivity contribution in [3.63, 3.8) is 0 Å². The molecule has 1 aliphatic rings. The van der Waals surface area contributed by atoms with Crippen LogP contribution in [0.1, 0.15) is 26.3 Å². The van der Waals surface area contributed by atoms with Crippen molar-refractivity contribution in [2.45, 2.75) is 49.7 Å². The predicted molar refractivity (Wildman–Crippen MR) is 126 cm³/mol. The maximum Gasteiger partial charge on any atom is 0.427 e. The van der Waals surface area contributed by atoms with Crippen LogP contribution in [0.4, 0.5) is 46.9 Å². The van der Waals surface area contributed by atoms with E-state index in [0.29, 0.717) is 30.3 Å². The average molecular weight is 601 g/mol. The number of ether oxygens (including phenoxy) is 2. The lowest BCUT2D eigenvalue weighted by Gasteiger charge is -2.36. The Morgan fingerprint density at radius 2 is 1.73 bits per heavy atom. The molecule has 2 amide bonds. The molecule has 40 heavy (non-hydrogen) atoms. The van der Waals surface area contributed by atoms with Crippen LogP contribution in [-0.2, 0) is 25.7 Å². The van der Waals surface area contributed by atoms with Crippen LogP contribution in [0.2, 0.25) is 0 Å². The Kier molecular flexibility index (Phi) is 8.21. The van der Waals surface area contributed by atoms with Crippen LogP contribution in [0.5, 0.6) is 5.75 Å². The standard InChI is InChI=1S/C23H22F7N3O6S/c1-12(34)31-10-14-11-33(40(36,37)15-5-6-17(24)16(9-15)22(25,26)27)18-8-13(4-7-19(18)38-14)32-20(35)39-21(2,3)23(28,29)30/h4-9,14H,10-11H2,1-3H3,(H,31,34)(H,32,35)/t14-/m0/s1. The molecule has 2 aromatic carbocycles. The monoisotopic (exact) mass is 601 g/mol. The van der Waals surface area contributed by atoms with E-state index in [2.05, 4.69) is 10.1 Å². The number of carbonyl (C=O) groups is 2. The van der Waals surface area contributed by atoms with Crippen LogP contribution in [-0.4, -0.2) is 51.4 Å². The van der Waals surface area contributed by atoms with Gasteiger partial charge in [0.05, 0.1) is 29.2 Å². The van der Waals surface area contributed by atoms with Gasteiger partial charge in [0.2, 0.25) is 11.5 Å². The normalized spacial score (nSPS) is 16.1. The van der Waals surface area contributed by atoms with E-state index in [1.807, 2.05) is 5.32 Å². The van der Waals surface area contributed by atoms with Gasteiger partial charge in [0.15, 0.2) is 0 Å². The summed E-state index contributed by atoms with van der Waals surface area (Å²) in [4.78, 5) is 22.5. The van der Waals surface area contributed by atoms with Crippen molar-refractivity contribution in [1.29, 1.82) is 0 Å². The molecule has 0 spiro atoms. The topological polar surface area (TPSA) is 114 Å². The molecule has 0 aliphatic carbocycles. The summed E-state index contributed by atoms with van der Waals surface area (Å²) >= 11 is 0. The third-order valence-corrected chi connectivity index (χ3v) is 7.35. The summed E-state index contributed by atoms with van der Waals surface area (Å²) in [7, 11) is -4.86. The Morgan fingerprint density at radius 3 is 2.30 bits per heavy atom. The molecule has 0 saturated heterocycles. The molecule has 0 bridgehead atoms. The van der Waals surface area contributed by atoms with Crippen LogP contribution < -0.4 is 19.7 Å². The highest BCUT2D eigenvalue weighted by Crippen LogP contribution is 2.40. The van der Waals surface area contributed by atoms with Crippen molar-refractivity contribution in [2.75, 3.05) is 22.7 Å². The summed E-state index contributed by atoms with van der Waals surface area (Å²) in [5, 5.41) is 4.44. The second kappa shape index (κ2) is 10.7. The van der Waals surface area contributed by atoms with Gasteiger partial charge in [-0.25, -0.2) is 17.6 Å². The molecule has 1 atom stereocenters. The predicted octanol–water partition coefficient (Wildman–Crippen LogP) is 4.83. The maximum absolute atomic E-state index is 13.8. The van der Waals surface area contributed by atoms with Crippen LogP contribution in [0.25, 0.3) is 0 Å². The molecule has 0 radical (unpaired) electrons. The first kappa shape index (κ1) is 30.8. The van der Waals surface area contributed by atoms with Gasteiger partial charge in [0.25, 0.3) is 10.0 Å². The van der Waals surface area contributed by atoms with E-state index < -0.39 is 68.9 Å². The number of hydrogen-bond donors (Lipinski definition) is 2. The Morgan fingerprint density at radius 1 is 1.07 bits per heavy atom. The quantitative estimate of drug-likeness (QED) is 0.459. The van der Waals surface area contributed by atoms with Gasteiger partial charge in [-0.1, -0.05) is 0 Å². The molecule has 3 rings (SSSR count). The van der Waals surface area contributed by atoms with E-state index in [-0.39, 0.29) is 29.7 Å². The van der Waals surface area contributed by atoms with Gasteiger partial charge in [-0.05, 0) is 50.2 Å². The first-order valence-corrected chi connectivity index (χ1v) is 12.7. The number of nitrogens with zero attached hydrogens (tertiary/aromatic N) is 1.